The van der Waals surface area contributed by atoms with E-state index in [1.54, 1.807) is 6.92 Å². The van der Waals surface area contributed by atoms with E-state index in [2.05, 4.69) is 0 Å². The molecule has 1 fully saturated rings. The number of rotatable bonds is 2. The zero-order chi connectivity index (χ0) is 18.8. The van der Waals surface area contributed by atoms with Crippen molar-refractivity contribution in [1.29, 1.82) is 0 Å². The first-order chi connectivity index (χ1) is 10.7. The van der Waals surface area contributed by atoms with Gasteiger partial charge in [-0.1, -0.05) is 130 Å². The molecule has 1 aliphatic carbocycles. The third-order valence-corrected chi connectivity index (χ3v) is 12.0. The Hall–Kier alpha value is 2.12. The first kappa shape index (κ1) is 22.4. The number of hydrogen-bond donors (Lipinski definition) is 0. The maximum Gasteiger partial charge on any atom is 0.188 e. The van der Waals surface area contributed by atoms with Crippen molar-refractivity contribution in [2.75, 3.05) is 0 Å². The molecule has 0 N–H and O–H groups in total. The Kier molecular flexibility index (Phi) is 6.42. The van der Waals surface area contributed by atoms with E-state index in [1.165, 1.54) is 0 Å². The van der Waals surface area contributed by atoms with Gasteiger partial charge in [0.05, 0.1) is 5.38 Å². The third kappa shape index (κ3) is 2.78. The molecule has 1 aromatic carbocycles. The maximum atomic E-state index is 6.85. The van der Waals surface area contributed by atoms with Gasteiger partial charge in [-0.2, -0.15) is 0 Å². The molecule has 0 amide bonds. The number of halogens is 10. The normalized spacial score (nSPS) is 34.5. The van der Waals surface area contributed by atoms with E-state index >= 15 is 0 Å². The SMILES string of the molecule is CC(c1ccccc1)C1(Cl)C(Cl)C(Cl)(Cl)C(Cl)(Cl)C(Cl)(Cl)C1(Cl)Cl. The van der Waals surface area contributed by atoms with Gasteiger partial charge in [-0.25, -0.2) is 0 Å². The summed E-state index contributed by atoms with van der Waals surface area (Å²) in [4.78, 5) is -1.71. The van der Waals surface area contributed by atoms with E-state index in [0.717, 1.165) is 5.56 Å². The summed E-state index contributed by atoms with van der Waals surface area (Å²) in [6.07, 6.45) is 0. The second-order valence-electron chi connectivity index (χ2n) is 5.61. The molecule has 0 spiro atoms. The molecule has 1 aliphatic rings. The average Bonchev–Trinajstić information content (AvgIpc) is 2.51. The third-order valence-electron chi connectivity index (χ3n) is 4.31. The minimum atomic E-state index is -2.24. The van der Waals surface area contributed by atoms with E-state index in [4.69, 9.17) is 116 Å². The smallest absolute Gasteiger partial charge is 0.118 e. The minimum absolute atomic E-state index is 0.559. The standard InChI is InChI=1S/C14H10Cl10/c1-7(8-5-3-2-4-6-8)10(16)9(15)11(17,18)13(21,22)14(23,24)12(10,19)20/h2-7,9H,1H3. The molecule has 3 atom stereocenters. The second-order valence-corrected chi connectivity index (χ2v) is 12.0. The summed E-state index contributed by atoms with van der Waals surface area (Å²) in [6.45, 7) is 1.75. The van der Waals surface area contributed by atoms with Crippen LogP contribution in [0.2, 0.25) is 0 Å². The molecule has 0 aromatic heterocycles. The quantitative estimate of drug-likeness (QED) is 0.338. The van der Waals surface area contributed by atoms with Gasteiger partial charge in [0.1, 0.15) is 4.87 Å². The summed E-state index contributed by atoms with van der Waals surface area (Å²) in [7, 11) is 0. The highest BCUT2D eigenvalue weighted by molar-refractivity contribution is 6.77. The van der Waals surface area contributed by atoms with Crippen LogP contribution in [0.5, 0.6) is 0 Å². The minimum Gasteiger partial charge on any atom is -0.118 e. The van der Waals surface area contributed by atoms with Crippen LogP contribution in [-0.4, -0.2) is 27.6 Å². The predicted octanol–water partition coefficient (Wildman–Crippen LogP) is 8.08. The van der Waals surface area contributed by atoms with Crippen LogP contribution in [0, 0.1) is 0 Å². The second kappa shape index (κ2) is 6.87. The Bertz CT molecular complexity index is 611. The van der Waals surface area contributed by atoms with Crippen LogP contribution < -0.4 is 0 Å². The largest absolute Gasteiger partial charge is 0.188 e. The summed E-state index contributed by atoms with van der Waals surface area (Å²) in [5.41, 5.74) is 0.772. The van der Waals surface area contributed by atoms with Crippen molar-refractivity contribution in [3.8, 4) is 0 Å². The molecule has 1 saturated carbocycles. The highest BCUT2D eigenvalue weighted by Crippen LogP contribution is 2.74. The molecule has 24 heavy (non-hydrogen) atoms. The van der Waals surface area contributed by atoms with Crippen LogP contribution in [0.25, 0.3) is 0 Å². The van der Waals surface area contributed by atoms with Crippen LogP contribution in [-0.2, 0) is 0 Å². The Morgan fingerprint density at radius 1 is 0.750 bits per heavy atom. The van der Waals surface area contributed by atoms with Crippen molar-refractivity contribution in [2.45, 2.75) is 40.4 Å². The van der Waals surface area contributed by atoms with Crippen LogP contribution in [0.1, 0.15) is 18.4 Å². The zero-order valence-corrected chi connectivity index (χ0v) is 19.4. The number of alkyl halides is 10. The van der Waals surface area contributed by atoms with Crippen molar-refractivity contribution in [2.24, 2.45) is 0 Å². The van der Waals surface area contributed by atoms with Gasteiger partial charge in [-0.3, -0.25) is 0 Å². The fourth-order valence-corrected chi connectivity index (χ4v) is 7.04. The molecule has 1 aromatic rings. The average molecular weight is 533 g/mol. The lowest BCUT2D eigenvalue weighted by molar-refractivity contribution is 0.295. The summed E-state index contributed by atoms with van der Waals surface area (Å²) < 4.78 is -8.62. The van der Waals surface area contributed by atoms with Crippen LogP contribution in [0.3, 0.4) is 0 Å². The zero-order valence-electron chi connectivity index (χ0n) is 11.8. The van der Waals surface area contributed by atoms with Crippen molar-refractivity contribution in [1.82, 2.24) is 0 Å². The Morgan fingerprint density at radius 2 is 1.21 bits per heavy atom. The van der Waals surface area contributed by atoms with Crippen LogP contribution in [0.4, 0.5) is 0 Å². The molecule has 3 unspecified atom stereocenters. The topological polar surface area (TPSA) is 0 Å². The molecule has 2 rings (SSSR count). The van der Waals surface area contributed by atoms with Gasteiger partial charge in [0.2, 0.25) is 0 Å². The van der Waals surface area contributed by atoms with Gasteiger partial charge in [0.15, 0.2) is 17.3 Å². The highest BCUT2D eigenvalue weighted by Gasteiger charge is 2.83. The summed E-state index contributed by atoms with van der Waals surface area (Å²) in [5, 5.41) is -1.30. The molecule has 0 radical (unpaired) electrons. The van der Waals surface area contributed by atoms with E-state index in [9.17, 15) is 0 Å². The molecule has 0 aliphatic heterocycles. The van der Waals surface area contributed by atoms with Crippen LogP contribution >= 0.6 is 116 Å². The molecule has 10 heteroatoms. The highest BCUT2D eigenvalue weighted by atomic mass is 35.6. The van der Waals surface area contributed by atoms with Gasteiger partial charge in [0.25, 0.3) is 0 Å². The van der Waals surface area contributed by atoms with Crippen molar-refractivity contribution >= 4 is 116 Å². The molecular formula is C14H10Cl10. The van der Waals surface area contributed by atoms with Gasteiger partial charge < -0.3 is 0 Å². The number of benzene rings is 1. The maximum absolute atomic E-state index is 6.85. The van der Waals surface area contributed by atoms with Crippen molar-refractivity contribution < 1.29 is 0 Å². The lowest BCUT2D eigenvalue weighted by atomic mass is 9.74. The molecule has 136 valence electrons. The molecule has 0 nitrogen and oxygen atoms in total. The van der Waals surface area contributed by atoms with E-state index in [-0.39, 0.29) is 0 Å². The summed E-state index contributed by atoms with van der Waals surface area (Å²) in [6, 6.07) is 9.12. The van der Waals surface area contributed by atoms with Crippen LogP contribution in [0.15, 0.2) is 30.3 Å². The Morgan fingerprint density at radius 3 is 1.67 bits per heavy atom. The van der Waals surface area contributed by atoms with Gasteiger partial charge in [-0.15, -0.1) is 23.2 Å². The molecule has 0 saturated heterocycles. The molecule has 0 bridgehead atoms. The Labute approximate surface area is 190 Å². The lowest BCUT2D eigenvalue weighted by Gasteiger charge is -2.61. The van der Waals surface area contributed by atoms with E-state index in [1.807, 2.05) is 30.3 Å². The van der Waals surface area contributed by atoms with Gasteiger partial charge in [0, 0.05) is 5.92 Å². The number of hydrogen-bond acceptors (Lipinski definition) is 0. The fraction of sp³-hybridized carbons (Fsp3) is 0.571. The van der Waals surface area contributed by atoms with Gasteiger partial charge in [-0.05, 0) is 5.56 Å². The first-order valence-electron chi connectivity index (χ1n) is 6.56. The molecular weight excluding hydrogens is 523 g/mol. The monoisotopic (exact) mass is 528 g/mol. The fourth-order valence-electron chi connectivity index (χ4n) is 2.70. The summed E-state index contributed by atoms with van der Waals surface area (Å²) in [5.74, 6) is -0.559. The van der Waals surface area contributed by atoms with E-state index in [0.29, 0.717) is 0 Å². The Balaban J connectivity index is 2.72. The summed E-state index contributed by atoms with van der Waals surface area (Å²) >= 11 is 64.2. The molecule has 0 heterocycles. The van der Waals surface area contributed by atoms with Crippen molar-refractivity contribution in [3.63, 3.8) is 0 Å². The van der Waals surface area contributed by atoms with Gasteiger partial charge >= 0.3 is 0 Å². The first-order valence-corrected chi connectivity index (χ1v) is 10.4. The predicted molar refractivity (Wildman–Crippen MR) is 111 cm³/mol. The lowest BCUT2D eigenvalue weighted by Crippen LogP contribution is -2.77. The van der Waals surface area contributed by atoms with Crippen molar-refractivity contribution in [3.05, 3.63) is 35.9 Å². The van der Waals surface area contributed by atoms with E-state index < -0.39 is 33.5 Å².